The predicted octanol–water partition coefficient (Wildman–Crippen LogP) is 17.9. The van der Waals surface area contributed by atoms with Crippen LogP contribution in [0.15, 0.2) is 243 Å². The minimum atomic E-state index is 1.09. The quantitative estimate of drug-likeness (QED) is 0.155. The van der Waals surface area contributed by atoms with Crippen LogP contribution in [0.5, 0.6) is 0 Å². The maximum Gasteiger partial charge on any atom is 0.0541 e. The molecule has 0 saturated carbocycles. The van der Waals surface area contributed by atoms with Crippen LogP contribution in [0, 0.1) is 0 Å². The van der Waals surface area contributed by atoms with Crippen molar-refractivity contribution in [1.29, 1.82) is 0 Å². The number of para-hydroxylation sites is 2. The van der Waals surface area contributed by atoms with E-state index in [1.54, 1.807) is 0 Å². The van der Waals surface area contributed by atoms with Gasteiger partial charge in [-0.3, -0.25) is 0 Å². The molecule has 0 amide bonds. The fraction of sp³-hybridized carbons (Fsp3) is 0. The molecule has 0 fully saturated rings. The first-order valence-electron chi connectivity index (χ1n) is 22.2. The highest BCUT2D eigenvalue weighted by Gasteiger charge is 2.17. The maximum atomic E-state index is 2.39. The van der Waals surface area contributed by atoms with Crippen LogP contribution in [-0.4, -0.2) is 4.57 Å². The largest absolute Gasteiger partial charge is 0.310 e. The second-order valence-corrected chi connectivity index (χ2v) is 18.0. The van der Waals surface area contributed by atoms with Gasteiger partial charge in [-0.15, -0.1) is 11.3 Å². The number of aromatic nitrogens is 1. The second-order valence-electron chi connectivity index (χ2n) is 16.9. The van der Waals surface area contributed by atoms with Gasteiger partial charge in [-0.05, 0) is 128 Å². The second kappa shape index (κ2) is 15.2. The average molecular weight is 845 g/mol. The molecule has 13 rings (SSSR count). The van der Waals surface area contributed by atoms with Crippen molar-refractivity contribution in [2.75, 3.05) is 4.90 Å². The van der Waals surface area contributed by atoms with Crippen molar-refractivity contribution in [2.24, 2.45) is 0 Å². The standard InChI is InChI=1S/C62H40N2S/c1-2-13-45-37-48(24-23-41(45)11-1)43-27-33-51(34-28-43)63(52-16-10-15-47(39-52)49-30-35-57-58-36-29-44-12-3-4-18-54(44)62(58)65-61(57)40-49)50-31-25-42(26-32-50)46-14-9-17-53(38-46)64-59-21-7-5-19-55(59)56-20-6-8-22-60(56)64/h1-40H. The molecular weight excluding hydrogens is 805 g/mol. The Labute approximate surface area is 381 Å². The van der Waals surface area contributed by atoms with Crippen LogP contribution in [0.3, 0.4) is 0 Å². The summed E-state index contributed by atoms with van der Waals surface area (Å²) in [7, 11) is 0. The Morgan fingerprint density at radius 2 is 0.815 bits per heavy atom. The number of thiophene rings is 1. The Morgan fingerprint density at radius 1 is 0.292 bits per heavy atom. The minimum absolute atomic E-state index is 1.09. The van der Waals surface area contributed by atoms with Gasteiger partial charge in [0.25, 0.3) is 0 Å². The predicted molar refractivity (Wildman–Crippen MR) is 280 cm³/mol. The molecule has 0 saturated heterocycles. The number of anilines is 3. The number of benzene rings is 11. The Morgan fingerprint density at radius 3 is 1.54 bits per heavy atom. The van der Waals surface area contributed by atoms with Crippen LogP contribution in [0.1, 0.15) is 0 Å². The summed E-state index contributed by atoms with van der Waals surface area (Å²) in [5, 5.41) is 10.3. The summed E-state index contributed by atoms with van der Waals surface area (Å²) in [4.78, 5) is 2.38. The molecule has 2 aromatic heterocycles. The van der Waals surface area contributed by atoms with Crippen LogP contribution in [0.4, 0.5) is 17.1 Å². The molecule has 0 bridgehead atoms. The molecule has 0 radical (unpaired) electrons. The molecule has 3 heteroatoms. The first kappa shape index (κ1) is 37.3. The van der Waals surface area contributed by atoms with Gasteiger partial charge >= 0.3 is 0 Å². The molecular formula is C62H40N2S. The van der Waals surface area contributed by atoms with Crippen molar-refractivity contribution in [3.8, 4) is 39.1 Å². The van der Waals surface area contributed by atoms with Crippen molar-refractivity contribution in [2.45, 2.75) is 0 Å². The monoisotopic (exact) mass is 844 g/mol. The molecule has 0 N–H and O–H groups in total. The fourth-order valence-corrected chi connectivity index (χ4v) is 11.2. The summed E-state index contributed by atoms with van der Waals surface area (Å²) in [6, 6.07) is 88.9. The van der Waals surface area contributed by atoms with Gasteiger partial charge in [0.2, 0.25) is 0 Å². The van der Waals surface area contributed by atoms with Crippen LogP contribution >= 0.6 is 11.3 Å². The smallest absolute Gasteiger partial charge is 0.0541 e. The van der Waals surface area contributed by atoms with Gasteiger partial charge < -0.3 is 9.47 Å². The van der Waals surface area contributed by atoms with Gasteiger partial charge in [0.05, 0.1) is 11.0 Å². The zero-order valence-electron chi connectivity index (χ0n) is 35.4. The van der Waals surface area contributed by atoms with E-state index in [0.29, 0.717) is 0 Å². The van der Waals surface area contributed by atoms with Crippen molar-refractivity contribution >= 4 is 91.9 Å². The fourth-order valence-electron chi connectivity index (χ4n) is 9.96. The molecule has 13 aromatic rings. The highest BCUT2D eigenvalue weighted by atomic mass is 32.1. The molecule has 11 aromatic carbocycles. The first-order chi connectivity index (χ1) is 32.2. The van der Waals surface area contributed by atoms with Crippen LogP contribution < -0.4 is 4.90 Å². The zero-order chi connectivity index (χ0) is 42.8. The Kier molecular flexibility index (Phi) is 8.75. The van der Waals surface area contributed by atoms with Gasteiger partial charge in [-0.25, -0.2) is 0 Å². The lowest BCUT2D eigenvalue weighted by atomic mass is 10.00. The third kappa shape index (κ3) is 6.39. The summed E-state index contributed by atoms with van der Waals surface area (Å²) in [6.45, 7) is 0. The summed E-state index contributed by atoms with van der Waals surface area (Å²) in [5.41, 5.74) is 14.0. The van der Waals surface area contributed by atoms with E-state index in [9.17, 15) is 0 Å². The van der Waals surface area contributed by atoms with Crippen molar-refractivity contribution in [3.05, 3.63) is 243 Å². The molecule has 2 nitrogen and oxygen atoms in total. The van der Waals surface area contributed by atoms with Crippen molar-refractivity contribution in [1.82, 2.24) is 4.57 Å². The van der Waals surface area contributed by atoms with E-state index < -0.39 is 0 Å². The minimum Gasteiger partial charge on any atom is -0.310 e. The van der Waals surface area contributed by atoms with E-state index in [0.717, 1.165) is 22.7 Å². The van der Waals surface area contributed by atoms with E-state index >= 15 is 0 Å². The maximum absolute atomic E-state index is 2.39. The number of nitrogens with zero attached hydrogens (tertiary/aromatic N) is 2. The van der Waals surface area contributed by atoms with Gasteiger partial charge in [0, 0.05) is 53.7 Å². The zero-order valence-corrected chi connectivity index (χ0v) is 36.2. The molecule has 2 heterocycles. The van der Waals surface area contributed by atoms with Gasteiger partial charge in [0.1, 0.15) is 0 Å². The molecule has 0 aliphatic carbocycles. The molecule has 0 unspecified atom stereocenters. The molecule has 0 aliphatic rings. The van der Waals surface area contributed by atoms with Crippen molar-refractivity contribution in [3.63, 3.8) is 0 Å². The van der Waals surface area contributed by atoms with Crippen LogP contribution in [0.25, 0.3) is 103 Å². The van der Waals surface area contributed by atoms with Crippen LogP contribution in [-0.2, 0) is 0 Å². The average Bonchev–Trinajstić information content (AvgIpc) is 3.93. The molecule has 0 aliphatic heterocycles. The third-order valence-corrected chi connectivity index (χ3v) is 14.4. The Hall–Kier alpha value is -8.24. The van der Waals surface area contributed by atoms with Gasteiger partial charge in [-0.1, -0.05) is 170 Å². The van der Waals surface area contributed by atoms with Crippen molar-refractivity contribution < 1.29 is 0 Å². The highest BCUT2D eigenvalue weighted by Crippen LogP contribution is 2.43. The topological polar surface area (TPSA) is 8.17 Å². The normalized spacial score (nSPS) is 11.7. The van der Waals surface area contributed by atoms with E-state index in [1.807, 2.05) is 11.3 Å². The van der Waals surface area contributed by atoms with E-state index in [2.05, 4.69) is 252 Å². The number of hydrogen-bond acceptors (Lipinski definition) is 2. The Balaban J connectivity index is 0.894. The Bertz CT molecular complexity index is 3900. The SMILES string of the molecule is c1cc(-c2ccc3c(c2)sc2c4ccccc4ccc32)cc(N(c2ccc(-c3cccc(-n4c5ccccc5c5ccccc54)c3)cc2)c2ccc(-c3ccc4ccccc4c3)cc2)c1. The number of fused-ring (bicyclic) bond motifs is 9. The summed E-state index contributed by atoms with van der Waals surface area (Å²) >= 11 is 1.89. The molecule has 0 spiro atoms. The first-order valence-corrected chi connectivity index (χ1v) is 23.0. The van der Waals surface area contributed by atoms with Crippen LogP contribution in [0.2, 0.25) is 0 Å². The van der Waals surface area contributed by atoms with E-state index in [1.165, 1.54) is 96.9 Å². The van der Waals surface area contributed by atoms with Gasteiger partial charge in [-0.2, -0.15) is 0 Å². The summed E-state index contributed by atoms with van der Waals surface area (Å²) < 4.78 is 5.04. The van der Waals surface area contributed by atoms with Gasteiger partial charge in [0.15, 0.2) is 0 Å². The number of hydrogen-bond donors (Lipinski definition) is 0. The summed E-state index contributed by atoms with van der Waals surface area (Å²) in [6.07, 6.45) is 0. The van der Waals surface area contributed by atoms with E-state index in [4.69, 9.17) is 0 Å². The molecule has 304 valence electrons. The lowest BCUT2D eigenvalue weighted by molar-refractivity contribution is 1.18. The highest BCUT2D eigenvalue weighted by molar-refractivity contribution is 7.26. The molecule has 65 heavy (non-hydrogen) atoms. The lowest BCUT2D eigenvalue weighted by Gasteiger charge is -2.26. The number of rotatable bonds is 7. The lowest BCUT2D eigenvalue weighted by Crippen LogP contribution is -2.10. The van der Waals surface area contributed by atoms with E-state index in [-0.39, 0.29) is 0 Å². The third-order valence-electron chi connectivity index (χ3n) is 13.2. The summed E-state index contributed by atoms with van der Waals surface area (Å²) in [5.74, 6) is 0. The molecule has 0 atom stereocenters.